The van der Waals surface area contributed by atoms with Crippen molar-refractivity contribution in [2.45, 2.75) is 33.8 Å². The van der Waals surface area contributed by atoms with Gasteiger partial charge >= 0.3 is 5.97 Å². The molecule has 0 aliphatic heterocycles. The first kappa shape index (κ1) is 23.3. The van der Waals surface area contributed by atoms with Crippen LogP contribution in [0.3, 0.4) is 0 Å². The van der Waals surface area contributed by atoms with E-state index in [1.54, 1.807) is 12.1 Å². The number of benzene rings is 2. The number of hydrogen-bond donors (Lipinski definition) is 1. The van der Waals surface area contributed by atoms with Gasteiger partial charge < -0.3 is 10.1 Å². The number of anilines is 1. The number of esters is 1. The van der Waals surface area contributed by atoms with Crippen molar-refractivity contribution in [1.82, 2.24) is 14.8 Å². The minimum Gasteiger partial charge on any atom is -0.447 e. The molecule has 0 spiro atoms. The maximum atomic E-state index is 13.4. The highest BCUT2D eigenvalue weighted by Crippen LogP contribution is 2.26. The summed E-state index contributed by atoms with van der Waals surface area (Å²) in [7, 11) is 0. The number of nitrogens with zero attached hydrogens (tertiary/aromatic N) is 3. The number of carbonyl (C=O) groups is 2. The smallest absolute Gasteiger partial charge is 0.379 e. The highest BCUT2D eigenvalue weighted by Gasteiger charge is 2.25. The molecule has 9 heteroatoms. The fourth-order valence-corrected chi connectivity index (χ4v) is 4.29. The van der Waals surface area contributed by atoms with E-state index < -0.39 is 18.0 Å². The Hall–Kier alpha value is -3.85. The zero-order valence-corrected chi connectivity index (χ0v) is 19.9. The minimum absolute atomic E-state index is 0.199. The van der Waals surface area contributed by atoms with Gasteiger partial charge in [0.1, 0.15) is 5.82 Å². The van der Waals surface area contributed by atoms with Gasteiger partial charge in [-0.25, -0.2) is 13.9 Å². The van der Waals surface area contributed by atoms with Crippen molar-refractivity contribution in [3.05, 3.63) is 82.2 Å². The molecule has 0 bridgehead atoms. The Kier molecular flexibility index (Phi) is 6.56. The molecule has 2 aromatic carbocycles. The van der Waals surface area contributed by atoms with E-state index in [2.05, 4.69) is 15.4 Å². The normalized spacial score (nSPS) is 11.8. The molecule has 0 aliphatic rings. The molecule has 0 saturated carbocycles. The van der Waals surface area contributed by atoms with Crippen LogP contribution in [0.25, 0.3) is 16.4 Å². The molecule has 1 amide bonds. The molecule has 7 nitrogen and oxygen atoms in total. The van der Waals surface area contributed by atoms with E-state index in [0.717, 1.165) is 21.6 Å². The molecule has 0 unspecified atom stereocenters. The van der Waals surface area contributed by atoms with E-state index in [1.165, 1.54) is 35.1 Å². The predicted octanol–water partition coefficient (Wildman–Crippen LogP) is 5.24. The topological polar surface area (TPSA) is 86.1 Å². The number of carbonyl (C=O) groups excluding carboxylic acids is 2. The summed E-state index contributed by atoms with van der Waals surface area (Å²) in [6.07, 6.45) is -1.07. The van der Waals surface area contributed by atoms with Crippen LogP contribution in [0.4, 0.5) is 10.1 Å². The Morgan fingerprint density at radius 2 is 1.76 bits per heavy atom. The molecule has 174 valence electrons. The first-order chi connectivity index (χ1) is 16.2. The summed E-state index contributed by atoms with van der Waals surface area (Å²) in [6.45, 7) is 7.29. The van der Waals surface area contributed by atoms with E-state index in [4.69, 9.17) is 4.74 Å². The Morgan fingerprint density at radius 1 is 1.09 bits per heavy atom. The van der Waals surface area contributed by atoms with E-state index in [0.29, 0.717) is 17.2 Å². The number of nitrogens with one attached hydrogen (secondary N) is 1. The number of amides is 1. The standard InChI is InChI=1S/C25H23FN4O3S/c1-14-12-15(2)21(16(3)13-14)27-24(31)17(4)33-25(32)22-28-23(20-6-5-11-34-20)30(29-22)19-9-7-18(26)8-10-19/h5-13,17H,1-4H3,(H,27,31)/t17-/m1/s1. The number of aromatic nitrogens is 3. The van der Waals surface area contributed by atoms with Crippen molar-refractivity contribution in [1.29, 1.82) is 0 Å². The highest BCUT2D eigenvalue weighted by atomic mass is 32.1. The third-order valence-electron chi connectivity index (χ3n) is 5.18. The predicted molar refractivity (Wildman–Crippen MR) is 129 cm³/mol. The van der Waals surface area contributed by atoms with Gasteiger partial charge in [0.25, 0.3) is 11.7 Å². The summed E-state index contributed by atoms with van der Waals surface area (Å²) in [4.78, 5) is 30.6. The van der Waals surface area contributed by atoms with Gasteiger partial charge in [0.15, 0.2) is 11.9 Å². The second-order valence-electron chi connectivity index (χ2n) is 7.94. The summed E-state index contributed by atoms with van der Waals surface area (Å²) in [5.41, 5.74) is 4.16. The lowest BCUT2D eigenvalue weighted by Gasteiger charge is -2.16. The Morgan fingerprint density at radius 3 is 2.38 bits per heavy atom. The van der Waals surface area contributed by atoms with Gasteiger partial charge in [0.2, 0.25) is 0 Å². The van der Waals surface area contributed by atoms with Gasteiger partial charge in [-0.1, -0.05) is 23.8 Å². The van der Waals surface area contributed by atoms with Crippen LogP contribution in [0.5, 0.6) is 0 Å². The van der Waals surface area contributed by atoms with Crippen molar-refractivity contribution in [2.75, 3.05) is 5.32 Å². The van der Waals surface area contributed by atoms with Crippen LogP contribution < -0.4 is 5.32 Å². The fourth-order valence-electron chi connectivity index (χ4n) is 3.59. The third-order valence-corrected chi connectivity index (χ3v) is 6.05. The van der Waals surface area contributed by atoms with Crippen LogP contribution in [-0.4, -0.2) is 32.7 Å². The number of thiophene rings is 1. The second kappa shape index (κ2) is 9.56. The maximum Gasteiger partial charge on any atom is 0.379 e. The molecule has 4 rings (SSSR count). The lowest BCUT2D eigenvalue weighted by Crippen LogP contribution is -2.30. The molecule has 1 atom stereocenters. The number of rotatable bonds is 6. The van der Waals surface area contributed by atoms with Crippen molar-refractivity contribution in [3.8, 4) is 16.4 Å². The summed E-state index contributed by atoms with van der Waals surface area (Å²) in [6, 6.07) is 13.3. The highest BCUT2D eigenvalue weighted by molar-refractivity contribution is 7.13. The average molecular weight is 479 g/mol. The van der Waals surface area contributed by atoms with Crippen LogP contribution in [0.15, 0.2) is 53.9 Å². The van der Waals surface area contributed by atoms with Crippen LogP contribution in [-0.2, 0) is 9.53 Å². The third kappa shape index (κ3) is 4.89. The van der Waals surface area contributed by atoms with E-state index in [9.17, 15) is 14.0 Å². The number of halogens is 1. The zero-order valence-electron chi connectivity index (χ0n) is 19.1. The van der Waals surface area contributed by atoms with E-state index in [1.807, 2.05) is 50.4 Å². The molecular weight excluding hydrogens is 455 g/mol. The average Bonchev–Trinajstić information content (AvgIpc) is 3.46. The molecule has 0 fully saturated rings. The minimum atomic E-state index is -1.07. The van der Waals surface area contributed by atoms with Crippen LogP contribution in [0.2, 0.25) is 0 Å². The molecule has 2 heterocycles. The number of ether oxygens (including phenoxy) is 1. The Bertz CT molecular complexity index is 1320. The van der Waals surface area contributed by atoms with Gasteiger partial charge in [-0.15, -0.1) is 16.4 Å². The molecule has 2 aromatic heterocycles. The van der Waals surface area contributed by atoms with Gasteiger partial charge in [0.05, 0.1) is 10.6 Å². The van der Waals surface area contributed by atoms with Crippen LogP contribution in [0.1, 0.15) is 34.2 Å². The van der Waals surface area contributed by atoms with E-state index in [-0.39, 0.29) is 11.6 Å². The Labute approximate surface area is 200 Å². The van der Waals surface area contributed by atoms with Crippen molar-refractivity contribution in [3.63, 3.8) is 0 Å². The molecule has 4 aromatic rings. The van der Waals surface area contributed by atoms with Crippen molar-refractivity contribution < 1.29 is 18.7 Å². The molecular formula is C25H23FN4O3S. The molecule has 34 heavy (non-hydrogen) atoms. The first-order valence-electron chi connectivity index (χ1n) is 10.6. The largest absolute Gasteiger partial charge is 0.447 e. The summed E-state index contributed by atoms with van der Waals surface area (Å²) in [5.74, 6) is -1.47. The molecule has 1 N–H and O–H groups in total. The monoisotopic (exact) mass is 478 g/mol. The van der Waals surface area contributed by atoms with E-state index >= 15 is 0 Å². The van der Waals surface area contributed by atoms with Crippen LogP contribution >= 0.6 is 11.3 Å². The quantitative estimate of drug-likeness (QED) is 0.383. The molecule has 0 saturated heterocycles. The molecule has 0 radical (unpaired) electrons. The summed E-state index contributed by atoms with van der Waals surface area (Å²) < 4.78 is 20.2. The zero-order chi connectivity index (χ0) is 24.4. The fraction of sp³-hybridized carbons (Fsp3) is 0.200. The van der Waals surface area contributed by atoms with Gasteiger partial charge in [-0.3, -0.25) is 4.79 Å². The SMILES string of the molecule is Cc1cc(C)c(NC(=O)[C@@H](C)OC(=O)c2nc(-c3cccs3)n(-c3ccc(F)cc3)n2)c(C)c1. The van der Waals surface area contributed by atoms with Gasteiger partial charge in [-0.05, 0) is 74.5 Å². The first-order valence-corrected chi connectivity index (χ1v) is 11.5. The molecule has 0 aliphatic carbocycles. The summed E-state index contributed by atoms with van der Waals surface area (Å²) in [5, 5.41) is 8.99. The van der Waals surface area contributed by atoms with Gasteiger partial charge in [-0.2, -0.15) is 4.98 Å². The van der Waals surface area contributed by atoms with Crippen molar-refractivity contribution >= 4 is 28.9 Å². The number of aryl methyl sites for hydroxylation is 3. The lowest BCUT2D eigenvalue weighted by molar-refractivity contribution is -0.123. The summed E-state index contributed by atoms with van der Waals surface area (Å²) >= 11 is 1.42. The Balaban J connectivity index is 1.55. The van der Waals surface area contributed by atoms with Gasteiger partial charge in [0, 0.05) is 5.69 Å². The maximum absolute atomic E-state index is 13.4. The van der Waals surface area contributed by atoms with Crippen molar-refractivity contribution in [2.24, 2.45) is 0 Å². The number of hydrogen-bond acceptors (Lipinski definition) is 6. The lowest BCUT2D eigenvalue weighted by atomic mass is 10.0. The van der Waals surface area contributed by atoms with Crippen LogP contribution in [0, 0.1) is 26.6 Å². The second-order valence-corrected chi connectivity index (χ2v) is 8.88.